The summed E-state index contributed by atoms with van der Waals surface area (Å²) in [5.41, 5.74) is 2.15. The quantitative estimate of drug-likeness (QED) is 0.776. The van der Waals surface area contributed by atoms with Crippen LogP contribution in [0.1, 0.15) is 24.4 Å². The van der Waals surface area contributed by atoms with Crippen LogP contribution in [-0.2, 0) is 6.54 Å². The van der Waals surface area contributed by atoms with Crippen molar-refractivity contribution in [1.82, 2.24) is 20.1 Å². The number of nitrogens with zero attached hydrogens (tertiary/aromatic N) is 3. The van der Waals surface area contributed by atoms with Gasteiger partial charge in [0, 0.05) is 6.04 Å². The molecule has 0 bridgehead atoms. The lowest BCUT2D eigenvalue weighted by Crippen LogP contribution is -2.20. The monoisotopic (exact) mass is 336 g/mol. The van der Waals surface area contributed by atoms with Crippen LogP contribution in [0.4, 0.5) is 0 Å². The molecule has 1 aromatic heterocycles. The molecule has 0 saturated heterocycles. The summed E-state index contributed by atoms with van der Waals surface area (Å²) in [5.74, 6) is 2.38. The van der Waals surface area contributed by atoms with Crippen molar-refractivity contribution in [2.75, 3.05) is 13.2 Å². The Kier molecular flexibility index (Phi) is 4.35. The normalized spacial score (nSPS) is 14.3. The predicted octanol–water partition coefficient (Wildman–Crippen LogP) is 2.89. The number of hydrogen-bond donors (Lipinski definition) is 1. The number of hydrogen-bond acceptors (Lipinski definition) is 5. The van der Waals surface area contributed by atoms with Gasteiger partial charge in [0.25, 0.3) is 0 Å². The Morgan fingerprint density at radius 1 is 1.08 bits per heavy atom. The average Bonchev–Trinajstić information content (AvgIpc) is 3.15. The van der Waals surface area contributed by atoms with E-state index in [2.05, 4.69) is 28.4 Å². The zero-order valence-corrected chi connectivity index (χ0v) is 14.1. The fraction of sp³-hybridized carbons (Fsp3) is 0.263. The Morgan fingerprint density at radius 2 is 1.88 bits per heavy atom. The third-order valence-electron chi connectivity index (χ3n) is 4.19. The minimum absolute atomic E-state index is 0.152. The van der Waals surface area contributed by atoms with Gasteiger partial charge >= 0.3 is 0 Å². The van der Waals surface area contributed by atoms with Gasteiger partial charge in [0.05, 0.1) is 12.2 Å². The molecule has 4 rings (SSSR count). The summed E-state index contributed by atoms with van der Waals surface area (Å²) < 4.78 is 13.0. The van der Waals surface area contributed by atoms with Crippen LogP contribution in [0.5, 0.6) is 11.5 Å². The van der Waals surface area contributed by atoms with Crippen molar-refractivity contribution in [1.29, 1.82) is 0 Å². The zero-order chi connectivity index (χ0) is 17.1. The van der Waals surface area contributed by atoms with Crippen molar-refractivity contribution in [2.24, 2.45) is 0 Å². The smallest absolute Gasteiger partial charge is 0.164 e. The summed E-state index contributed by atoms with van der Waals surface area (Å²) in [6.07, 6.45) is 1.74. The molecule has 128 valence electrons. The molecule has 0 spiro atoms. The molecular formula is C19H20N4O2. The van der Waals surface area contributed by atoms with E-state index in [1.54, 1.807) is 11.0 Å². The molecule has 1 aliphatic rings. The van der Waals surface area contributed by atoms with Gasteiger partial charge in [0.15, 0.2) is 17.3 Å². The van der Waals surface area contributed by atoms with Gasteiger partial charge in [-0.2, -0.15) is 0 Å². The van der Waals surface area contributed by atoms with Gasteiger partial charge in [-0.15, -0.1) is 5.10 Å². The van der Waals surface area contributed by atoms with E-state index in [1.807, 2.05) is 42.5 Å². The van der Waals surface area contributed by atoms with E-state index in [0.29, 0.717) is 19.8 Å². The van der Waals surface area contributed by atoms with Crippen LogP contribution in [-0.4, -0.2) is 28.0 Å². The van der Waals surface area contributed by atoms with Crippen molar-refractivity contribution < 1.29 is 9.47 Å². The minimum Gasteiger partial charge on any atom is -0.486 e. The Morgan fingerprint density at radius 3 is 2.72 bits per heavy atom. The minimum atomic E-state index is 0.152. The highest BCUT2D eigenvalue weighted by Crippen LogP contribution is 2.32. The van der Waals surface area contributed by atoms with E-state index in [-0.39, 0.29) is 6.04 Å². The average molecular weight is 336 g/mol. The molecule has 0 saturated carbocycles. The molecule has 6 heteroatoms. The van der Waals surface area contributed by atoms with Crippen LogP contribution >= 0.6 is 0 Å². The summed E-state index contributed by atoms with van der Waals surface area (Å²) in [4.78, 5) is 4.37. The molecule has 6 nitrogen and oxygen atoms in total. The third-order valence-corrected chi connectivity index (χ3v) is 4.19. The summed E-state index contributed by atoms with van der Waals surface area (Å²) in [7, 11) is 0. The van der Waals surface area contributed by atoms with Crippen molar-refractivity contribution >= 4 is 0 Å². The van der Waals surface area contributed by atoms with Crippen molar-refractivity contribution in [3.63, 3.8) is 0 Å². The first kappa shape index (κ1) is 15.7. The van der Waals surface area contributed by atoms with Crippen molar-refractivity contribution in [3.05, 3.63) is 66.2 Å². The molecule has 0 radical (unpaired) electrons. The lowest BCUT2D eigenvalue weighted by Gasteiger charge is -2.20. The maximum absolute atomic E-state index is 5.65. The van der Waals surface area contributed by atoms with E-state index < -0.39 is 0 Å². The first-order valence-electron chi connectivity index (χ1n) is 8.38. The van der Waals surface area contributed by atoms with Gasteiger partial charge in [-0.1, -0.05) is 24.3 Å². The molecule has 1 aliphatic heterocycles. The summed E-state index contributed by atoms with van der Waals surface area (Å²) in [5, 5.41) is 7.97. The van der Waals surface area contributed by atoms with E-state index in [9.17, 15) is 0 Å². The van der Waals surface area contributed by atoms with E-state index in [0.717, 1.165) is 28.6 Å². The summed E-state index contributed by atoms with van der Waals surface area (Å²) in [6, 6.07) is 16.2. The first-order chi connectivity index (χ1) is 12.3. The number of aromatic nitrogens is 3. The second-order valence-electron chi connectivity index (χ2n) is 5.95. The third kappa shape index (κ3) is 3.49. The van der Waals surface area contributed by atoms with Gasteiger partial charge in [0.1, 0.15) is 19.5 Å². The molecule has 3 aromatic rings. The highest BCUT2D eigenvalue weighted by atomic mass is 16.6. The second kappa shape index (κ2) is 6.94. The van der Waals surface area contributed by atoms with Gasteiger partial charge in [-0.3, -0.25) is 0 Å². The molecular weight excluding hydrogens is 316 g/mol. The Balaban J connectivity index is 1.40. The highest BCUT2D eigenvalue weighted by Gasteiger charge is 2.14. The fourth-order valence-corrected chi connectivity index (χ4v) is 2.77. The van der Waals surface area contributed by atoms with Crippen LogP contribution in [0.2, 0.25) is 0 Å². The lowest BCUT2D eigenvalue weighted by molar-refractivity contribution is 0.171. The van der Waals surface area contributed by atoms with Gasteiger partial charge in [-0.05, 0) is 36.8 Å². The molecule has 0 amide bonds. The molecule has 0 unspecified atom stereocenters. The Labute approximate surface area is 146 Å². The number of nitrogens with one attached hydrogen (secondary N) is 1. The van der Waals surface area contributed by atoms with Crippen molar-refractivity contribution in [3.8, 4) is 17.2 Å². The second-order valence-corrected chi connectivity index (χ2v) is 5.95. The van der Waals surface area contributed by atoms with E-state index >= 15 is 0 Å². The fourth-order valence-electron chi connectivity index (χ4n) is 2.77. The molecule has 0 aliphatic carbocycles. The van der Waals surface area contributed by atoms with E-state index in [1.165, 1.54) is 0 Å². The number of ether oxygens (including phenoxy) is 2. The first-order valence-corrected chi connectivity index (χ1v) is 8.38. The Bertz CT molecular complexity index is 848. The number of fused-ring (bicyclic) bond motifs is 1. The van der Waals surface area contributed by atoms with Crippen LogP contribution < -0.4 is 14.8 Å². The SMILES string of the molecule is C[C@@H](NCc1ncn(-c2ccccc2)n1)c1ccc2c(c1)OCCO2. The number of para-hydroxylation sites is 1. The predicted molar refractivity (Wildman–Crippen MR) is 94.0 cm³/mol. The molecule has 25 heavy (non-hydrogen) atoms. The molecule has 2 heterocycles. The largest absolute Gasteiger partial charge is 0.486 e. The van der Waals surface area contributed by atoms with Crippen LogP contribution in [0, 0.1) is 0 Å². The molecule has 1 atom stereocenters. The maximum atomic E-state index is 5.65. The molecule has 0 fully saturated rings. The highest BCUT2D eigenvalue weighted by molar-refractivity contribution is 5.44. The molecule has 2 aromatic carbocycles. The van der Waals surface area contributed by atoms with Crippen molar-refractivity contribution in [2.45, 2.75) is 19.5 Å². The Hall–Kier alpha value is -2.86. The maximum Gasteiger partial charge on any atom is 0.164 e. The topological polar surface area (TPSA) is 61.2 Å². The lowest BCUT2D eigenvalue weighted by atomic mass is 10.1. The number of rotatable bonds is 5. The van der Waals surface area contributed by atoms with Crippen LogP contribution in [0.15, 0.2) is 54.9 Å². The van der Waals surface area contributed by atoms with Gasteiger partial charge in [-0.25, -0.2) is 9.67 Å². The van der Waals surface area contributed by atoms with Gasteiger partial charge in [0.2, 0.25) is 0 Å². The standard InChI is InChI=1S/C19H20N4O2/c1-14(15-7-8-17-18(11-15)25-10-9-24-17)20-12-19-21-13-23(22-19)16-5-3-2-4-6-16/h2-8,11,13-14,20H,9-10,12H2,1H3/t14-/m1/s1. The summed E-state index contributed by atoms with van der Waals surface area (Å²) >= 11 is 0. The van der Waals surface area contributed by atoms with E-state index in [4.69, 9.17) is 9.47 Å². The summed E-state index contributed by atoms with van der Waals surface area (Å²) in [6.45, 7) is 3.91. The van der Waals surface area contributed by atoms with Crippen LogP contribution in [0.3, 0.4) is 0 Å². The van der Waals surface area contributed by atoms with Crippen LogP contribution in [0.25, 0.3) is 5.69 Å². The number of benzene rings is 2. The van der Waals surface area contributed by atoms with Gasteiger partial charge < -0.3 is 14.8 Å². The zero-order valence-electron chi connectivity index (χ0n) is 14.1. The molecule has 1 N–H and O–H groups in total.